The standard InChI is InChI=1S/C33H38FNO8/c1-19-14-24-23-11-10-21-16-22(36)12-13-30(21,4)32(23,34)27(42-28(38)15-20-8-6-7-9-25(20)35(39)40)17-31(24,5)33(19)26(37)18-41-29(2,3)43-33/h6-9,12-13,16,19,23-24,27H,10-11,14-15,17-18H2,1-5H3/t19-,23?,24?,27+,30+,31+,32+,33+/m1/s1. The summed E-state index contributed by atoms with van der Waals surface area (Å²) in [5.74, 6) is -3.41. The monoisotopic (exact) mass is 595 g/mol. The highest BCUT2D eigenvalue weighted by molar-refractivity contribution is 6.01. The summed E-state index contributed by atoms with van der Waals surface area (Å²) in [5, 5.41) is 11.6. The van der Waals surface area contributed by atoms with Crippen molar-refractivity contribution in [3.63, 3.8) is 0 Å². The average Bonchev–Trinajstić information content (AvgIpc) is 3.14. The van der Waals surface area contributed by atoms with Crippen LogP contribution in [0.15, 0.2) is 48.1 Å². The number of Topliss-reactive ketones (excluding diaryl/α,β-unsaturated/α-hetero) is 1. The lowest BCUT2D eigenvalue weighted by molar-refractivity contribution is -0.385. The minimum Gasteiger partial charge on any atom is -0.459 e. The Morgan fingerprint density at radius 1 is 1.16 bits per heavy atom. The van der Waals surface area contributed by atoms with E-state index in [0.29, 0.717) is 24.8 Å². The number of nitro benzene ring substituents is 1. The van der Waals surface area contributed by atoms with Crippen LogP contribution in [0.25, 0.3) is 0 Å². The highest BCUT2D eigenvalue weighted by Gasteiger charge is 2.78. The number of carbonyl (C=O) groups is 3. The van der Waals surface area contributed by atoms with E-state index in [1.165, 1.54) is 30.4 Å². The number of allylic oxidation sites excluding steroid dienone is 4. The highest BCUT2D eigenvalue weighted by atomic mass is 19.1. The topological polar surface area (TPSA) is 122 Å². The van der Waals surface area contributed by atoms with Crippen molar-refractivity contribution in [1.82, 2.24) is 0 Å². The summed E-state index contributed by atoms with van der Waals surface area (Å²) in [7, 11) is 0. The smallest absolute Gasteiger partial charge is 0.310 e. The van der Waals surface area contributed by atoms with E-state index in [4.69, 9.17) is 14.2 Å². The van der Waals surface area contributed by atoms with E-state index in [1.54, 1.807) is 32.9 Å². The lowest BCUT2D eigenvalue weighted by Crippen LogP contribution is -2.72. The van der Waals surface area contributed by atoms with Gasteiger partial charge in [0.1, 0.15) is 18.3 Å². The van der Waals surface area contributed by atoms with Gasteiger partial charge in [-0.2, -0.15) is 0 Å². The van der Waals surface area contributed by atoms with E-state index in [1.807, 2.05) is 13.8 Å². The van der Waals surface area contributed by atoms with Crippen molar-refractivity contribution in [1.29, 1.82) is 0 Å². The van der Waals surface area contributed by atoms with Crippen molar-refractivity contribution < 1.29 is 37.9 Å². The van der Waals surface area contributed by atoms with E-state index in [0.717, 1.165) is 0 Å². The Labute approximate surface area is 250 Å². The summed E-state index contributed by atoms with van der Waals surface area (Å²) in [6, 6.07) is 5.90. The van der Waals surface area contributed by atoms with E-state index in [9.17, 15) is 24.5 Å². The van der Waals surface area contributed by atoms with Gasteiger partial charge in [-0.25, -0.2) is 4.39 Å². The number of ketones is 2. The summed E-state index contributed by atoms with van der Waals surface area (Å²) in [6.45, 7) is 9.07. The zero-order valence-corrected chi connectivity index (χ0v) is 25.2. The molecule has 2 unspecified atom stereocenters. The molecule has 6 rings (SSSR count). The molecule has 43 heavy (non-hydrogen) atoms. The molecule has 0 bridgehead atoms. The van der Waals surface area contributed by atoms with E-state index in [-0.39, 0.29) is 47.7 Å². The number of nitro groups is 1. The number of benzene rings is 1. The molecule has 0 amide bonds. The maximum Gasteiger partial charge on any atom is 0.310 e. The third-order valence-electron chi connectivity index (χ3n) is 11.3. The quantitative estimate of drug-likeness (QED) is 0.258. The van der Waals surface area contributed by atoms with Crippen molar-refractivity contribution in [2.24, 2.45) is 28.6 Å². The molecule has 10 heteroatoms. The fraction of sp³-hybridized carbons (Fsp3) is 0.606. The molecule has 1 aromatic rings. The van der Waals surface area contributed by atoms with Gasteiger partial charge in [0.05, 0.1) is 11.3 Å². The minimum absolute atomic E-state index is 0.00407. The Bertz CT molecular complexity index is 1480. The van der Waals surface area contributed by atoms with E-state index in [2.05, 4.69) is 0 Å². The number of halogens is 1. The number of carbonyl (C=O) groups excluding carboxylic acids is 3. The Morgan fingerprint density at radius 2 is 1.88 bits per heavy atom. The first-order valence-electron chi connectivity index (χ1n) is 15.0. The van der Waals surface area contributed by atoms with Crippen LogP contribution in [0, 0.1) is 38.7 Å². The molecular formula is C33H38FNO8. The average molecular weight is 596 g/mol. The minimum atomic E-state index is -2.11. The van der Waals surface area contributed by atoms with Crippen molar-refractivity contribution >= 4 is 23.2 Å². The van der Waals surface area contributed by atoms with Crippen molar-refractivity contribution in [3.05, 3.63) is 63.7 Å². The Balaban J connectivity index is 1.45. The molecule has 1 saturated heterocycles. The first-order valence-corrected chi connectivity index (χ1v) is 15.0. The SMILES string of the molecule is C[C@@H]1CC2C3CCC4=CC(=O)C=C[C@]4(C)[C@@]3(F)[C@@H](OC(=O)Cc3ccccc3[N+](=O)[O-])C[C@]2(C)[C@]12OC(C)(C)OCC2=O. The van der Waals surface area contributed by atoms with E-state index >= 15 is 4.39 Å². The van der Waals surface area contributed by atoms with Gasteiger partial charge in [0.2, 0.25) is 0 Å². The molecule has 1 aromatic carbocycles. The van der Waals surface area contributed by atoms with Crippen LogP contribution >= 0.6 is 0 Å². The summed E-state index contributed by atoms with van der Waals surface area (Å²) in [4.78, 5) is 50.8. The molecule has 0 aromatic heterocycles. The molecule has 1 heterocycles. The van der Waals surface area contributed by atoms with E-state index < -0.39 is 57.2 Å². The number of hydrogen-bond acceptors (Lipinski definition) is 8. The Morgan fingerprint density at radius 3 is 2.60 bits per heavy atom. The molecule has 9 nitrogen and oxygen atoms in total. The molecular weight excluding hydrogens is 557 g/mol. The Hall–Kier alpha value is -3.24. The normalized spacial score (nSPS) is 41.2. The summed E-state index contributed by atoms with van der Waals surface area (Å²) < 4.78 is 36.8. The van der Waals surface area contributed by atoms with Gasteiger partial charge in [0.25, 0.3) is 5.69 Å². The number of esters is 1. The lowest BCUT2D eigenvalue weighted by Gasteiger charge is -2.64. The zero-order chi connectivity index (χ0) is 31.2. The van der Waals surface area contributed by atoms with Gasteiger partial charge in [-0.15, -0.1) is 0 Å². The number of nitrogens with zero attached hydrogens (tertiary/aromatic N) is 1. The van der Waals surface area contributed by atoms with Crippen molar-refractivity contribution in [2.75, 3.05) is 6.61 Å². The first-order chi connectivity index (χ1) is 20.1. The largest absolute Gasteiger partial charge is 0.459 e. The Kier molecular flexibility index (Phi) is 6.68. The van der Waals surface area contributed by atoms with Gasteiger partial charge in [0.15, 0.2) is 23.0 Å². The molecule has 3 saturated carbocycles. The van der Waals surface area contributed by atoms with Crippen LogP contribution in [0.5, 0.6) is 0 Å². The van der Waals surface area contributed by atoms with Crippen LogP contribution in [0.2, 0.25) is 0 Å². The van der Waals surface area contributed by atoms with Gasteiger partial charge in [-0.05, 0) is 70.4 Å². The van der Waals surface area contributed by atoms with Crippen molar-refractivity contribution in [3.8, 4) is 0 Å². The third kappa shape index (κ3) is 4.05. The number of para-hydroxylation sites is 1. The van der Waals surface area contributed by atoms with Gasteiger partial charge in [-0.3, -0.25) is 24.5 Å². The van der Waals surface area contributed by atoms with Crippen LogP contribution in [-0.2, 0) is 35.0 Å². The number of ether oxygens (including phenoxy) is 3. The van der Waals surface area contributed by atoms with Gasteiger partial charge in [0, 0.05) is 28.4 Å². The molecule has 5 aliphatic rings. The lowest BCUT2D eigenvalue weighted by atomic mass is 9.44. The second-order valence-corrected chi connectivity index (χ2v) is 13.9. The number of alkyl halides is 1. The number of hydrogen-bond donors (Lipinski definition) is 0. The molecule has 1 spiro atoms. The van der Waals surface area contributed by atoms with Gasteiger partial charge in [-0.1, -0.05) is 43.7 Å². The molecule has 4 fully saturated rings. The summed E-state index contributed by atoms with van der Waals surface area (Å²) in [5.41, 5.74) is -4.92. The highest BCUT2D eigenvalue weighted by Crippen LogP contribution is 2.72. The second kappa shape index (κ2) is 9.63. The number of rotatable bonds is 4. The molecule has 4 aliphatic carbocycles. The zero-order valence-electron chi connectivity index (χ0n) is 25.2. The van der Waals surface area contributed by atoms with Gasteiger partial charge >= 0.3 is 5.97 Å². The fourth-order valence-corrected chi connectivity index (χ4v) is 9.45. The third-order valence-corrected chi connectivity index (χ3v) is 11.3. The van der Waals surface area contributed by atoms with Crippen LogP contribution in [0.4, 0.5) is 10.1 Å². The van der Waals surface area contributed by atoms with Crippen LogP contribution in [0.1, 0.15) is 65.9 Å². The molecule has 0 N–H and O–H groups in total. The maximum atomic E-state index is 18.4. The maximum absolute atomic E-state index is 18.4. The summed E-state index contributed by atoms with van der Waals surface area (Å²) in [6.07, 6.45) is 4.20. The van der Waals surface area contributed by atoms with Gasteiger partial charge < -0.3 is 14.2 Å². The molecule has 1 aliphatic heterocycles. The predicted molar refractivity (Wildman–Crippen MR) is 152 cm³/mol. The molecule has 8 atom stereocenters. The van der Waals surface area contributed by atoms with Crippen LogP contribution in [-0.4, -0.2) is 52.2 Å². The first kappa shape index (κ1) is 29.8. The molecule has 230 valence electrons. The van der Waals surface area contributed by atoms with Crippen LogP contribution < -0.4 is 0 Å². The molecule has 0 radical (unpaired) electrons. The summed E-state index contributed by atoms with van der Waals surface area (Å²) >= 11 is 0. The van der Waals surface area contributed by atoms with Crippen LogP contribution in [0.3, 0.4) is 0 Å². The van der Waals surface area contributed by atoms with Crippen molar-refractivity contribution in [2.45, 2.75) is 89.9 Å². The number of fused-ring (bicyclic) bond motifs is 6. The second-order valence-electron chi connectivity index (χ2n) is 13.9. The predicted octanol–water partition coefficient (Wildman–Crippen LogP) is 5.40. The fourth-order valence-electron chi connectivity index (χ4n) is 9.45.